The Balaban J connectivity index is 4.10. The smallest absolute Gasteiger partial charge is 0.0645 e. The molecule has 0 saturated carbocycles. The van der Waals surface area contributed by atoms with E-state index in [1.165, 1.54) is 0 Å². The van der Waals surface area contributed by atoms with Crippen LogP contribution in [0.5, 0.6) is 0 Å². The van der Waals surface area contributed by atoms with Gasteiger partial charge in [0.25, 0.3) is 0 Å². The van der Waals surface area contributed by atoms with Gasteiger partial charge in [0.2, 0.25) is 0 Å². The molecular weight excluding hydrogens is 144 g/mol. The van der Waals surface area contributed by atoms with Crippen LogP contribution in [0.4, 0.5) is 0 Å². The minimum atomic E-state index is -0.920. The zero-order valence-corrected chi connectivity index (χ0v) is 7.41. The van der Waals surface area contributed by atoms with E-state index in [9.17, 15) is 10.2 Å². The standard InChI is InChI=1S/C8H18O3/c1-6(10)7(4-5-9)8(2,3)11/h6-7,9-11H,4-5H2,1-3H3. The molecule has 0 bridgehead atoms. The van der Waals surface area contributed by atoms with Crippen molar-refractivity contribution in [3.63, 3.8) is 0 Å². The molecule has 0 aliphatic rings. The molecule has 2 atom stereocenters. The quantitative estimate of drug-likeness (QED) is 0.551. The van der Waals surface area contributed by atoms with E-state index in [1.807, 2.05) is 0 Å². The minimum absolute atomic E-state index is 0.000440. The van der Waals surface area contributed by atoms with E-state index in [1.54, 1.807) is 20.8 Å². The monoisotopic (exact) mass is 162 g/mol. The van der Waals surface area contributed by atoms with Crippen molar-refractivity contribution >= 4 is 0 Å². The van der Waals surface area contributed by atoms with Crippen LogP contribution in [-0.4, -0.2) is 33.6 Å². The second kappa shape index (κ2) is 4.04. The van der Waals surface area contributed by atoms with Crippen LogP contribution in [0.25, 0.3) is 0 Å². The number of hydrogen-bond donors (Lipinski definition) is 3. The highest BCUT2D eigenvalue weighted by atomic mass is 16.3. The first-order valence-corrected chi connectivity index (χ1v) is 3.91. The predicted molar refractivity (Wildman–Crippen MR) is 43.2 cm³/mol. The zero-order chi connectivity index (χ0) is 9.07. The zero-order valence-electron chi connectivity index (χ0n) is 7.41. The molecule has 0 radical (unpaired) electrons. The highest BCUT2D eigenvalue weighted by molar-refractivity contribution is 4.80. The summed E-state index contributed by atoms with van der Waals surface area (Å²) < 4.78 is 0. The molecule has 68 valence electrons. The summed E-state index contributed by atoms with van der Waals surface area (Å²) in [5.41, 5.74) is -0.920. The fourth-order valence-corrected chi connectivity index (χ4v) is 1.32. The Hall–Kier alpha value is -0.120. The normalized spacial score (nSPS) is 18.0. The van der Waals surface area contributed by atoms with Crippen molar-refractivity contribution in [2.45, 2.75) is 38.9 Å². The Bertz CT molecular complexity index is 104. The lowest BCUT2D eigenvalue weighted by molar-refractivity contribution is -0.0493. The van der Waals surface area contributed by atoms with Gasteiger partial charge >= 0.3 is 0 Å². The van der Waals surface area contributed by atoms with E-state index in [2.05, 4.69) is 0 Å². The predicted octanol–water partition coefficient (Wildman–Crippen LogP) is 0.137. The van der Waals surface area contributed by atoms with Crippen LogP contribution in [0.1, 0.15) is 27.2 Å². The topological polar surface area (TPSA) is 60.7 Å². The fraction of sp³-hybridized carbons (Fsp3) is 1.00. The lowest BCUT2D eigenvalue weighted by Gasteiger charge is -2.31. The highest BCUT2D eigenvalue weighted by Crippen LogP contribution is 2.23. The summed E-state index contributed by atoms with van der Waals surface area (Å²) in [5, 5.41) is 27.3. The molecular formula is C8H18O3. The molecule has 0 heterocycles. The lowest BCUT2D eigenvalue weighted by atomic mass is 9.84. The van der Waals surface area contributed by atoms with Crippen molar-refractivity contribution in [3.05, 3.63) is 0 Å². The summed E-state index contributed by atoms with van der Waals surface area (Å²) in [5.74, 6) is -0.257. The van der Waals surface area contributed by atoms with Crippen LogP contribution in [0.3, 0.4) is 0 Å². The van der Waals surface area contributed by atoms with Gasteiger partial charge < -0.3 is 15.3 Å². The van der Waals surface area contributed by atoms with Gasteiger partial charge in [-0.1, -0.05) is 0 Å². The number of aliphatic hydroxyl groups excluding tert-OH is 2. The summed E-state index contributed by atoms with van der Waals surface area (Å²) in [4.78, 5) is 0. The molecule has 0 aromatic carbocycles. The van der Waals surface area contributed by atoms with E-state index in [-0.39, 0.29) is 12.5 Å². The van der Waals surface area contributed by atoms with Gasteiger partial charge in [-0.05, 0) is 27.2 Å². The lowest BCUT2D eigenvalue weighted by Crippen LogP contribution is -2.38. The van der Waals surface area contributed by atoms with E-state index in [4.69, 9.17) is 5.11 Å². The molecule has 0 fully saturated rings. The summed E-state index contributed by atoms with van der Waals surface area (Å²) in [6.45, 7) is 4.90. The molecule has 3 nitrogen and oxygen atoms in total. The number of hydrogen-bond acceptors (Lipinski definition) is 3. The van der Waals surface area contributed by atoms with Crippen LogP contribution >= 0.6 is 0 Å². The van der Waals surface area contributed by atoms with Crippen LogP contribution in [0.15, 0.2) is 0 Å². The van der Waals surface area contributed by atoms with Gasteiger partial charge in [0.1, 0.15) is 0 Å². The van der Waals surface area contributed by atoms with Crippen LogP contribution in [0, 0.1) is 5.92 Å². The maximum Gasteiger partial charge on any atom is 0.0645 e. The van der Waals surface area contributed by atoms with Gasteiger partial charge in [-0.25, -0.2) is 0 Å². The summed E-state index contributed by atoms with van der Waals surface area (Å²) in [7, 11) is 0. The first-order chi connectivity index (χ1) is 4.89. The van der Waals surface area contributed by atoms with Crippen molar-refractivity contribution in [2.75, 3.05) is 6.61 Å². The minimum Gasteiger partial charge on any atom is -0.396 e. The van der Waals surface area contributed by atoms with Gasteiger partial charge in [-0.2, -0.15) is 0 Å². The van der Waals surface area contributed by atoms with Crippen LogP contribution in [0.2, 0.25) is 0 Å². The van der Waals surface area contributed by atoms with E-state index in [0.717, 1.165) is 0 Å². The van der Waals surface area contributed by atoms with E-state index < -0.39 is 11.7 Å². The molecule has 0 aromatic rings. The second-order valence-corrected chi connectivity index (χ2v) is 3.51. The molecule has 0 rings (SSSR count). The first-order valence-electron chi connectivity index (χ1n) is 3.91. The van der Waals surface area contributed by atoms with Gasteiger partial charge in [0.05, 0.1) is 11.7 Å². The molecule has 0 spiro atoms. The average molecular weight is 162 g/mol. The molecule has 11 heavy (non-hydrogen) atoms. The van der Waals surface area contributed by atoms with Gasteiger partial charge in [0, 0.05) is 12.5 Å². The fourth-order valence-electron chi connectivity index (χ4n) is 1.32. The molecule has 0 amide bonds. The maximum atomic E-state index is 9.51. The van der Waals surface area contributed by atoms with E-state index in [0.29, 0.717) is 6.42 Å². The molecule has 3 N–H and O–H groups in total. The Morgan fingerprint density at radius 3 is 1.91 bits per heavy atom. The average Bonchev–Trinajstić information content (AvgIpc) is 1.79. The van der Waals surface area contributed by atoms with Gasteiger partial charge in [-0.3, -0.25) is 0 Å². The third kappa shape index (κ3) is 3.70. The van der Waals surface area contributed by atoms with Crippen molar-refractivity contribution in [1.29, 1.82) is 0 Å². The summed E-state index contributed by atoms with van der Waals surface area (Å²) in [6.07, 6.45) is -0.150. The molecule has 3 heteroatoms. The third-order valence-electron chi connectivity index (χ3n) is 1.93. The van der Waals surface area contributed by atoms with Crippen molar-refractivity contribution in [2.24, 2.45) is 5.92 Å². The molecule has 0 saturated heterocycles. The van der Waals surface area contributed by atoms with Crippen LogP contribution < -0.4 is 0 Å². The Labute approximate surface area is 67.7 Å². The van der Waals surface area contributed by atoms with E-state index >= 15 is 0 Å². The second-order valence-electron chi connectivity index (χ2n) is 3.51. The molecule has 0 aromatic heterocycles. The van der Waals surface area contributed by atoms with Crippen molar-refractivity contribution in [3.8, 4) is 0 Å². The number of aliphatic hydroxyl groups is 3. The Morgan fingerprint density at radius 1 is 1.36 bits per heavy atom. The molecule has 0 aliphatic carbocycles. The van der Waals surface area contributed by atoms with Crippen LogP contribution in [-0.2, 0) is 0 Å². The number of rotatable bonds is 4. The Kier molecular flexibility index (Phi) is 4.00. The summed E-state index contributed by atoms with van der Waals surface area (Å²) >= 11 is 0. The van der Waals surface area contributed by atoms with Gasteiger partial charge in [-0.15, -0.1) is 0 Å². The third-order valence-corrected chi connectivity index (χ3v) is 1.93. The first kappa shape index (κ1) is 10.9. The maximum absolute atomic E-state index is 9.51. The highest BCUT2D eigenvalue weighted by Gasteiger charge is 2.29. The SMILES string of the molecule is CC(O)C(CCO)C(C)(C)O. The van der Waals surface area contributed by atoms with Crippen molar-refractivity contribution in [1.82, 2.24) is 0 Å². The van der Waals surface area contributed by atoms with Gasteiger partial charge in [0.15, 0.2) is 0 Å². The summed E-state index contributed by atoms with van der Waals surface area (Å²) in [6, 6.07) is 0. The molecule has 0 aliphatic heterocycles. The Morgan fingerprint density at radius 2 is 1.82 bits per heavy atom. The largest absolute Gasteiger partial charge is 0.396 e. The van der Waals surface area contributed by atoms with Crippen molar-refractivity contribution < 1.29 is 15.3 Å². The molecule has 2 unspecified atom stereocenters.